The Balaban J connectivity index is 1.96. The number of hydrogen-bond donors (Lipinski definition) is 1. The summed E-state index contributed by atoms with van der Waals surface area (Å²) in [5, 5.41) is 0.965. The van der Waals surface area contributed by atoms with Gasteiger partial charge in [0.2, 0.25) is 0 Å². The van der Waals surface area contributed by atoms with E-state index in [0.29, 0.717) is 10.3 Å². The smallest absolute Gasteiger partial charge is 0.135 e. The Hall–Kier alpha value is -0.350. The number of piperidine rings is 1. The van der Waals surface area contributed by atoms with Crippen LogP contribution in [-0.4, -0.2) is 29.5 Å². The molecule has 1 aliphatic heterocycles. The van der Waals surface area contributed by atoms with Crippen LogP contribution in [0.2, 0.25) is 10.3 Å². The third kappa shape index (κ3) is 3.82. The zero-order valence-corrected chi connectivity index (χ0v) is 11.9. The number of aromatic nitrogens is 1. The summed E-state index contributed by atoms with van der Waals surface area (Å²) in [4.78, 5) is 6.51. The molecule has 2 heterocycles. The maximum atomic E-state index is 6.10. The number of halogens is 2. The van der Waals surface area contributed by atoms with Crippen molar-refractivity contribution in [2.24, 2.45) is 11.7 Å². The van der Waals surface area contributed by atoms with Crippen LogP contribution in [0, 0.1) is 5.92 Å². The molecule has 0 bridgehead atoms. The van der Waals surface area contributed by atoms with Crippen molar-refractivity contribution in [3.63, 3.8) is 0 Å². The standard InChI is InChI=1S/C13H19Cl2N3/c14-12-4-3-11(13(15)17-12)9-18-7-1-2-10(8-18)5-6-16/h3-4,10H,1-2,5-9,16H2. The first-order valence-corrected chi connectivity index (χ1v) is 7.18. The summed E-state index contributed by atoms with van der Waals surface area (Å²) in [6.45, 7) is 3.86. The van der Waals surface area contributed by atoms with Crippen LogP contribution in [0.4, 0.5) is 0 Å². The van der Waals surface area contributed by atoms with Crippen molar-refractivity contribution in [2.45, 2.75) is 25.8 Å². The van der Waals surface area contributed by atoms with Crippen molar-refractivity contribution in [1.29, 1.82) is 0 Å². The summed E-state index contributed by atoms with van der Waals surface area (Å²) in [7, 11) is 0. The second-order valence-electron chi connectivity index (χ2n) is 4.90. The van der Waals surface area contributed by atoms with Crippen LogP contribution >= 0.6 is 23.2 Å². The second kappa shape index (κ2) is 6.71. The largest absolute Gasteiger partial charge is 0.330 e. The molecule has 100 valence electrons. The van der Waals surface area contributed by atoms with Gasteiger partial charge in [0.15, 0.2) is 0 Å². The van der Waals surface area contributed by atoms with Crippen molar-refractivity contribution in [2.75, 3.05) is 19.6 Å². The number of rotatable bonds is 4. The van der Waals surface area contributed by atoms with Crippen molar-refractivity contribution in [3.8, 4) is 0 Å². The summed E-state index contributed by atoms with van der Waals surface area (Å²) in [6, 6.07) is 3.76. The summed E-state index contributed by atoms with van der Waals surface area (Å²) in [5.74, 6) is 0.725. The van der Waals surface area contributed by atoms with Gasteiger partial charge in [0.25, 0.3) is 0 Å². The molecule has 2 rings (SSSR count). The molecule has 3 nitrogen and oxygen atoms in total. The zero-order chi connectivity index (χ0) is 13.0. The molecule has 1 aromatic rings. The molecule has 1 unspecified atom stereocenters. The molecule has 5 heteroatoms. The Morgan fingerprint density at radius 1 is 1.39 bits per heavy atom. The highest BCUT2D eigenvalue weighted by molar-refractivity contribution is 6.32. The van der Waals surface area contributed by atoms with Crippen LogP contribution in [0.25, 0.3) is 0 Å². The van der Waals surface area contributed by atoms with Gasteiger partial charge in [-0.2, -0.15) is 0 Å². The molecule has 0 aliphatic carbocycles. The van der Waals surface area contributed by atoms with Gasteiger partial charge in [-0.05, 0) is 44.3 Å². The Bertz CT molecular complexity index is 396. The quantitative estimate of drug-likeness (QED) is 0.866. The highest BCUT2D eigenvalue weighted by Gasteiger charge is 2.20. The number of likely N-dealkylation sites (tertiary alicyclic amines) is 1. The highest BCUT2D eigenvalue weighted by atomic mass is 35.5. The van der Waals surface area contributed by atoms with Gasteiger partial charge in [0.05, 0.1) is 0 Å². The summed E-state index contributed by atoms with van der Waals surface area (Å²) in [5.41, 5.74) is 6.68. The van der Waals surface area contributed by atoms with Crippen LogP contribution in [0.3, 0.4) is 0 Å². The van der Waals surface area contributed by atoms with Crippen LogP contribution in [0.15, 0.2) is 12.1 Å². The van der Waals surface area contributed by atoms with E-state index < -0.39 is 0 Å². The molecule has 0 amide bonds. The minimum atomic E-state index is 0.448. The molecular weight excluding hydrogens is 269 g/mol. The topological polar surface area (TPSA) is 42.1 Å². The fraction of sp³-hybridized carbons (Fsp3) is 0.615. The lowest BCUT2D eigenvalue weighted by Crippen LogP contribution is -2.35. The number of pyridine rings is 1. The van der Waals surface area contributed by atoms with E-state index in [1.807, 2.05) is 6.07 Å². The molecule has 1 aromatic heterocycles. The minimum absolute atomic E-state index is 0.448. The maximum absolute atomic E-state index is 6.10. The van der Waals surface area contributed by atoms with Gasteiger partial charge in [-0.15, -0.1) is 0 Å². The van der Waals surface area contributed by atoms with Crippen molar-refractivity contribution in [1.82, 2.24) is 9.88 Å². The fourth-order valence-electron chi connectivity index (χ4n) is 2.57. The lowest BCUT2D eigenvalue weighted by Gasteiger charge is -2.32. The van der Waals surface area contributed by atoms with Gasteiger partial charge < -0.3 is 5.73 Å². The van der Waals surface area contributed by atoms with Crippen LogP contribution in [0.1, 0.15) is 24.8 Å². The van der Waals surface area contributed by atoms with Gasteiger partial charge in [-0.25, -0.2) is 4.98 Å². The van der Waals surface area contributed by atoms with Gasteiger partial charge in [0, 0.05) is 18.7 Å². The van der Waals surface area contributed by atoms with Gasteiger partial charge in [0.1, 0.15) is 10.3 Å². The summed E-state index contributed by atoms with van der Waals surface area (Å²) < 4.78 is 0. The number of nitrogens with two attached hydrogens (primary N) is 1. The Morgan fingerprint density at radius 3 is 2.94 bits per heavy atom. The summed E-state index contributed by atoms with van der Waals surface area (Å²) in [6.07, 6.45) is 3.65. The molecule has 0 aromatic carbocycles. The summed E-state index contributed by atoms with van der Waals surface area (Å²) >= 11 is 11.9. The highest BCUT2D eigenvalue weighted by Crippen LogP contribution is 2.23. The molecule has 18 heavy (non-hydrogen) atoms. The van der Waals surface area contributed by atoms with E-state index in [1.165, 1.54) is 12.8 Å². The van der Waals surface area contributed by atoms with E-state index in [0.717, 1.165) is 44.1 Å². The lowest BCUT2D eigenvalue weighted by molar-refractivity contribution is 0.163. The maximum Gasteiger partial charge on any atom is 0.135 e. The van der Waals surface area contributed by atoms with E-state index in [4.69, 9.17) is 28.9 Å². The SMILES string of the molecule is NCCC1CCCN(Cc2ccc(Cl)nc2Cl)C1. The minimum Gasteiger partial charge on any atom is -0.330 e. The predicted molar refractivity (Wildman–Crippen MR) is 75.9 cm³/mol. The molecule has 0 saturated carbocycles. The van der Waals surface area contributed by atoms with Gasteiger partial charge >= 0.3 is 0 Å². The third-order valence-electron chi connectivity index (χ3n) is 3.46. The molecular formula is C13H19Cl2N3. The lowest BCUT2D eigenvalue weighted by atomic mass is 9.94. The van der Waals surface area contributed by atoms with Gasteiger partial charge in [-0.1, -0.05) is 29.3 Å². The Labute approximate surface area is 118 Å². The number of hydrogen-bond acceptors (Lipinski definition) is 3. The number of nitrogens with zero attached hydrogens (tertiary/aromatic N) is 2. The van der Waals surface area contributed by atoms with Crippen LogP contribution < -0.4 is 5.73 Å². The Kier molecular flexibility index (Phi) is 5.25. The predicted octanol–water partition coefficient (Wildman–Crippen LogP) is 2.95. The van der Waals surface area contributed by atoms with Crippen molar-refractivity contribution < 1.29 is 0 Å². The first kappa shape index (κ1) is 14.1. The first-order valence-electron chi connectivity index (χ1n) is 6.42. The van der Waals surface area contributed by atoms with E-state index in [2.05, 4.69) is 9.88 Å². The van der Waals surface area contributed by atoms with E-state index in [-0.39, 0.29) is 0 Å². The second-order valence-corrected chi connectivity index (χ2v) is 5.65. The average Bonchev–Trinajstić information content (AvgIpc) is 2.34. The van der Waals surface area contributed by atoms with Crippen LogP contribution in [0.5, 0.6) is 0 Å². The van der Waals surface area contributed by atoms with E-state index in [1.54, 1.807) is 6.07 Å². The first-order chi connectivity index (χ1) is 8.69. The van der Waals surface area contributed by atoms with Crippen LogP contribution in [-0.2, 0) is 6.54 Å². The Morgan fingerprint density at radius 2 is 2.22 bits per heavy atom. The van der Waals surface area contributed by atoms with E-state index >= 15 is 0 Å². The third-order valence-corrected chi connectivity index (χ3v) is 4.00. The fourth-order valence-corrected chi connectivity index (χ4v) is 2.97. The molecule has 0 radical (unpaired) electrons. The van der Waals surface area contributed by atoms with E-state index in [9.17, 15) is 0 Å². The van der Waals surface area contributed by atoms with Crippen molar-refractivity contribution >= 4 is 23.2 Å². The molecule has 2 N–H and O–H groups in total. The monoisotopic (exact) mass is 287 g/mol. The molecule has 1 fully saturated rings. The van der Waals surface area contributed by atoms with Gasteiger partial charge in [-0.3, -0.25) is 4.90 Å². The zero-order valence-electron chi connectivity index (χ0n) is 10.4. The van der Waals surface area contributed by atoms with Crippen molar-refractivity contribution in [3.05, 3.63) is 28.0 Å². The molecule has 1 saturated heterocycles. The molecule has 1 aliphatic rings. The molecule has 1 atom stereocenters. The average molecular weight is 288 g/mol. The normalized spacial score (nSPS) is 21.2. The molecule has 0 spiro atoms.